The number of fused-ring (bicyclic) bond motifs is 1. The predicted octanol–water partition coefficient (Wildman–Crippen LogP) is 3.54. The summed E-state index contributed by atoms with van der Waals surface area (Å²) in [6.07, 6.45) is 1.03. The van der Waals surface area contributed by atoms with Crippen molar-refractivity contribution < 1.29 is 14.3 Å². The molecule has 1 amide bonds. The standard InChI is InChI=1S/C24H30N2O3/c1-17(27)26-16-22(19-7-9-20(28-2)10-8-19)23-15-25(12-11-24(23)26)14-18-5-4-6-21(13-18)29-3/h4-10,13,22-24H,11-12,14-16H2,1-3H3/t22-,23-,24-/m1/s1. The van der Waals surface area contributed by atoms with Crippen LogP contribution in [0.4, 0.5) is 0 Å². The molecule has 0 aromatic heterocycles. The normalized spacial score (nSPS) is 24.2. The zero-order valence-corrected chi connectivity index (χ0v) is 17.5. The summed E-state index contributed by atoms with van der Waals surface area (Å²) in [6, 6.07) is 17.0. The Labute approximate surface area is 173 Å². The maximum absolute atomic E-state index is 12.3. The first kappa shape index (κ1) is 19.8. The van der Waals surface area contributed by atoms with Crippen LogP contribution in [0.3, 0.4) is 0 Å². The van der Waals surface area contributed by atoms with Crippen LogP contribution in [0.5, 0.6) is 11.5 Å². The molecule has 2 aromatic rings. The Morgan fingerprint density at radius 2 is 1.79 bits per heavy atom. The van der Waals surface area contributed by atoms with Gasteiger partial charge < -0.3 is 14.4 Å². The molecule has 5 heteroatoms. The number of ether oxygens (including phenoxy) is 2. The Morgan fingerprint density at radius 3 is 2.48 bits per heavy atom. The first-order valence-corrected chi connectivity index (χ1v) is 10.4. The summed E-state index contributed by atoms with van der Waals surface area (Å²) >= 11 is 0. The van der Waals surface area contributed by atoms with E-state index in [0.29, 0.717) is 17.9 Å². The molecule has 2 heterocycles. The highest BCUT2D eigenvalue weighted by molar-refractivity contribution is 5.74. The van der Waals surface area contributed by atoms with Crippen molar-refractivity contribution in [2.24, 2.45) is 5.92 Å². The van der Waals surface area contributed by atoms with Crippen LogP contribution in [0.15, 0.2) is 48.5 Å². The number of methoxy groups -OCH3 is 2. The fourth-order valence-electron chi connectivity index (χ4n) is 5.04. The Morgan fingerprint density at radius 1 is 1.03 bits per heavy atom. The zero-order valence-electron chi connectivity index (χ0n) is 17.5. The quantitative estimate of drug-likeness (QED) is 0.778. The van der Waals surface area contributed by atoms with Gasteiger partial charge in [-0.25, -0.2) is 0 Å². The minimum Gasteiger partial charge on any atom is -0.497 e. The van der Waals surface area contributed by atoms with Gasteiger partial charge >= 0.3 is 0 Å². The summed E-state index contributed by atoms with van der Waals surface area (Å²) in [4.78, 5) is 16.9. The topological polar surface area (TPSA) is 42.0 Å². The zero-order chi connectivity index (χ0) is 20.4. The van der Waals surface area contributed by atoms with Crippen LogP contribution in [0.1, 0.15) is 30.4 Å². The van der Waals surface area contributed by atoms with Crippen molar-refractivity contribution in [2.45, 2.75) is 31.8 Å². The number of amides is 1. The van der Waals surface area contributed by atoms with Gasteiger partial charge in [0.2, 0.25) is 5.91 Å². The first-order chi connectivity index (χ1) is 14.1. The number of piperidine rings is 1. The monoisotopic (exact) mass is 394 g/mol. The van der Waals surface area contributed by atoms with Crippen molar-refractivity contribution in [3.05, 3.63) is 59.7 Å². The van der Waals surface area contributed by atoms with Gasteiger partial charge in [0.25, 0.3) is 0 Å². The van der Waals surface area contributed by atoms with E-state index < -0.39 is 0 Å². The molecule has 2 aliphatic heterocycles. The van der Waals surface area contributed by atoms with Crippen molar-refractivity contribution in [1.29, 1.82) is 0 Å². The Balaban J connectivity index is 1.53. The molecule has 5 nitrogen and oxygen atoms in total. The maximum Gasteiger partial charge on any atom is 0.219 e. The van der Waals surface area contributed by atoms with Crippen LogP contribution in [0.2, 0.25) is 0 Å². The van der Waals surface area contributed by atoms with E-state index in [0.717, 1.165) is 44.1 Å². The molecule has 0 bridgehead atoms. The average Bonchev–Trinajstić information content (AvgIpc) is 3.13. The number of carbonyl (C=O) groups is 1. The molecule has 2 saturated heterocycles. The van der Waals surface area contributed by atoms with E-state index in [9.17, 15) is 4.79 Å². The van der Waals surface area contributed by atoms with Gasteiger partial charge in [-0.3, -0.25) is 9.69 Å². The number of carbonyl (C=O) groups excluding carboxylic acids is 1. The molecular formula is C24H30N2O3. The molecule has 2 aromatic carbocycles. The lowest BCUT2D eigenvalue weighted by atomic mass is 9.81. The van der Waals surface area contributed by atoms with Gasteiger partial charge in [-0.1, -0.05) is 24.3 Å². The van der Waals surface area contributed by atoms with Crippen LogP contribution < -0.4 is 9.47 Å². The molecule has 154 valence electrons. The largest absolute Gasteiger partial charge is 0.497 e. The van der Waals surface area contributed by atoms with Crippen molar-refractivity contribution in [3.63, 3.8) is 0 Å². The molecule has 0 N–H and O–H groups in total. The fraction of sp³-hybridized carbons (Fsp3) is 0.458. The first-order valence-electron chi connectivity index (χ1n) is 10.4. The maximum atomic E-state index is 12.3. The van der Waals surface area contributed by atoms with E-state index in [1.165, 1.54) is 11.1 Å². The molecule has 0 radical (unpaired) electrons. The van der Waals surface area contributed by atoms with Gasteiger partial charge in [-0.2, -0.15) is 0 Å². The highest BCUT2D eigenvalue weighted by Crippen LogP contribution is 2.42. The van der Waals surface area contributed by atoms with Crippen molar-refractivity contribution in [3.8, 4) is 11.5 Å². The predicted molar refractivity (Wildman–Crippen MR) is 113 cm³/mol. The number of hydrogen-bond acceptors (Lipinski definition) is 4. The summed E-state index contributed by atoms with van der Waals surface area (Å²) in [5, 5.41) is 0. The molecule has 0 spiro atoms. The molecule has 2 fully saturated rings. The molecule has 2 aliphatic rings. The third-order valence-corrected chi connectivity index (χ3v) is 6.50. The fourth-order valence-corrected chi connectivity index (χ4v) is 5.04. The van der Waals surface area contributed by atoms with Gasteiger partial charge in [0.05, 0.1) is 14.2 Å². The summed E-state index contributed by atoms with van der Waals surface area (Å²) in [7, 11) is 3.40. The van der Waals surface area contributed by atoms with Crippen molar-refractivity contribution in [2.75, 3.05) is 33.9 Å². The van der Waals surface area contributed by atoms with E-state index in [4.69, 9.17) is 9.47 Å². The molecule has 0 aliphatic carbocycles. The van der Waals surface area contributed by atoms with Crippen LogP contribution in [0.25, 0.3) is 0 Å². The summed E-state index contributed by atoms with van der Waals surface area (Å²) < 4.78 is 10.7. The SMILES string of the molecule is COc1ccc([C@H]2CN(C(C)=O)[C@@H]3CCN(Cc4cccc(OC)c4)C[C@H]23)cc1. The molecule has 3 atom stereocenters. The number of hydrogen-bond donors (Lipinski definition) is 0. The van der Waals surface area contributed by atoms with Crippen LogP contribution in [-0.4, -0.2) is 55.6 Å². The number of rotatable bonds is 5. The van der Waals surface area contributed by atoms with Crippen molar-refractivity contribution >= 4 is 5.91 Å². The van der Waals surface area contributed by atoms with Crippen molar-refractivity contribution in [1.82, 2.24) is 9.80 Å². The lowest BCUT2D eigenvalue weighted by molar-refractivity contribution is -0.130. The van der Waals surface area contributed by atoms with E-state index in [-0.39, 0.29) is 5.91 Å². The third-order valence-electron chi connectivity index (χ3n) is 6.50. The van der Waals surface area contributed by atoms with Crippen LogP contribution >= 0.6 is 0 Å². The van der Waals surface area contributed by atoms with E-state index in [2.05, 4.69) is 34.1 Å². The Kier molecular flexibility index (Phi) is 5.76. The van der Waals surface area contributed by atoms with Crippen LogP contribution in [-0.2, 0) is 11.3 Å². The van der Waals surface area contributed by atoms with Gasteiger partial charge in [-0.15, -0.1) is 0 Å². The van der Waals surface area contributed by atoms with Gasteiger partial charge in [-0.05, 0) is 41.8 Å². The summed E-state index contributed by atoms with van der Waals surface area (Å²) in [5.41, 5.74) is 2.57. The number of nitrogens with zero attached hydrogens (tertiary/aromatic N) is 2. The van der Waals surface area contributed by atoms with E-state index >= 15 is 0 Å². The second kappa shape index (κ2) is 8.46. The third kappa shape index (κ3) is 4.10. The second-order valence-corrected chi connectivity index (χ2v) is 8.16. The molecule has 29 heavy (non-hydrogen) atoms. The van der Waals surface area contributed by atoms with Gasteiger partial charge in [0.1, 0.15) is 11.5 Å². The minimum absolute atomic E-state index is 0.192. The summed E-state index contributed by atoms with van der Waals surface area (Å²) in [6.45, 7) is 5.44. The molecule has 0 unspecified atom stereocenters. The smallest absolute Gasteiger partial charge is 0.219 e. The van der Waals surface area contributed by atoms with Gasteiger partial charge in [0.15, 0.2) is 0 Å². The van der Waals surface area contributed by atoms with Crippen LogP contribution in [0, 0.1) is 5.92 Å². The minimum atomic E-state index is 0.192. The lowest BCUT2D eigenvalue weighted by Gasteiger charge is -2.39. The molecule has 0 saturated carbocycles. The summed E-state index contributed by atoms with van der Waals surface area (Å²) in [5.74, 6) is 2.78. The average molecular weight is 395 g/mol. The molecule has 4 rings (SSSR count). The lowest BCUT2D eigenvalue weighted by Crippen LogP contribution is -2.47. The van der Waals surface area contributed by atoms with E-state index in [1.54, 1.807) is 21.1 Å². The highest BCUT2D eigenvalue weighted by Gasteiger charge is 2.46. The number of benzene rings is 2. The molecular weight excluding hydrogens is 364 g/mol. The van der Waals surface area contributed by atoms with Gasteiger partial charge in [0, 0.05) is 51.0 Å². The van der Waals surface area contributed by atoms with E-state index in [1.807, 2.05) is 24.3 Å². The Hall–Kier alpha value is -2.53. The Bertz CT molecular complexity index is 851. The second-order valence-electron chi connectivity index (χ2n) is 8.16. The number of likely N-dealkylation sites (tertiary alicyclic amines) is 2. The highest BCUT2D eigenvalue weighted by atomic mass is 16.5.